The predicted octanol–water partition coefficient (Wildman–Crippen LogP) is 2.39. The summed E-state index contributed by atoms with van der Waals surface area (Å²) in [5, 5.41) is 12.1. The molecule has 1 fully saturated rings. The fourth-order valence-corrected chi connectivity index (χ4v) is 3.47. The first-order chi connectivity index (χ1) is 12.1. The van der Waals surface area contributed by atoms with E-state index in [2.05, 4.69) is 5.32 Å². The van der Waals surface area contributed by atoms with Gasteiger partial charge in [-0.25, -0.2) is 0 Å². The fraction of sp³-hybridized carbons (Fsp3) is 0.235. The number of carbonyl (C=O) groups is 2. The number of nitrogens with zero attached hydrogens (tertiary/aromatic N) is 2. The summed E-state index contributed by atoms with van der Waals surface area (Å²) < 4.78 is 10.4. The van der Waals surface area contributed by atoms with Crippen LogP contribution >= 0.6 is 11.8 Å². The van der Waals surface area contributed by atoms with E-state index < -0.39 is 5.91 Å². The summed E-state index contributed by atoms with van der Waals surface area (Å²) in [6, 6.07) is 8.81. The summed E-state index contributed by atoms with van der Waals surface area (Å²) >= 11 is 1.20. The lowest BCUT2D eigenvalue weighted by atomic mass is 10.2. The molecule has 1 aliphatic heterocycles. The van der Waals surface area contributed by atoms with Crippen molar-refractivity contribution in [3.05, 3.63) is 58.9 Å². The summed E-state index contributed by atoms with van der Waals surface area (Å²) in [4.78, 5) is 26.2. The number of carbonyl (C=O) groups excluding carboxylic acids is 2. The van der Waals surface area contributed by atoms with Crippen LogP contribution in [0.1, 0.15) is 18.4 Å². The molecule has 7 nitrogen and oxygen atoms in total. The van der Waals surface area contributed by atoms with E-state index in [1.165, 1.54) is 29.2 Å². The third-order valence-corrected chi connectivity index (χ3v) is 4.80. The van der Waals surface area contributed by atoms with E-state index in [0.717, 1.165) is 0 Å². The Labute approximate surface area is 148 Å². The highest BCUT2D eigenvalue weighted by Crippen LogP contribution is 2.38. The van der Waals surface area contributed by atoms with E-state index in [-0.39, 0.29) is 29.8 Å². The molecule has 8 heteroatoms. The van der Waals surface area contributed by atoms with Crippen molar-refractivity contribution in [3.63, 3.8) is 0 Å². The second kappa shape index (κ2) is 7.32. The van der Waals surface area contributed by atoms with Crippen molar-refractivity contribution in [2.45, 2.75) is 25.3 Å². The van der Waals surface area contributed by atoms with Gasteiger partial charge in [0, 0.05) is 0 Å². The van der Waals surface area contributed by atoms with Crippen molar-refractivity contribution < 1.29 is 18.4 Å². The van der Waals surface area contributed by atoms with Gasteiger partial charge in [-0.1, -0.05) is 11.8 Å². The molecule has 3 heterocycles. The van der Waals surface area contributed by atoms with Crippen molar-refractivity contribution in [2.75, 3.05) is 0 Å². The van der Waals surface area contributed by atoms with Gasteiger partial charge in [-0.05, 0) is 31.2 Å². The lowest BCUT2D eigenvalue weighted by Gasteiger charge is -2.17. The van der Waals surface area contributed by atoms with Gasteiger partial charge in [0.25, 0.3) is 5.91 Å². The van der Waals surface area contributed by atoms with Gasteiger partial charge in [0.05, 0.1) is 30.9 Å². The van der Waals surface area contributed by atoms with Gasteiger partial charge in [0.1, 0.15) is 28.2 Å². The summed E-state index contributed by atoms with van der Waals surface area (Å²) in [5.74, 6) is 0.441. The maximum absolute atomic E-state index is 12.4. The minimum atomic E-state index is -0.548. The molecule has 1 atom stereocenters. The average Bonchev–Trinajstić information content (AvgIpc) is 3.34. The number of nitrogens with one attached hydrogen (secondary N) is 1. The van der Waals surface area contributed by atoms with Crippen LogP contribution in [-0.2, 0) is 22.7 Å². The standard InChI is InChI=1S/C17H15N3O4S/c1-11-16(22)20(10-13-5-3-7-24-13)17(25-11)14(8-18)15(21)19-9-12-4-2-6-23-12/h2-7,11H,9-10H2,1H3,(H,19,21)/b17-14-. The molecule has 2 aromatic rings. The fourth-order valence-electron chi connectivity index (χ4n) is 2.37. The Kier molecular flexibility index (Phi) is 4.95. The molecule has 1 saturated heterocycles. The van der Waals surface area contributed by atoms with Crippen molar-refractivity contribution in [1.82, 2.24) is 10.2 Å². The molecule has 128 valence electrons. The van der Waals surface area contributed by atoms with E-state index in [1.807, 2.05) is 6.07 Å². The Balaban J connectivity index is 1.83. The van der Waals surface area contributed by atoms with Gasteiger partial charge in [0.2, 0.25) is 5.91 Å². The Bertz CT molecular complexity index is 834. The average molecular weight is 357 g/mol. The normalized spacial score (nSPS) is 19.0. The van der Waals surface area contributed by atoms with Crippen molar-refractivity contribution in [2.24, 2.45) is 0 Å². The van der Waals surface area contributed by atoms with Crippen LogP contribution in [0.3, 0.4) is 0 Å². The highest BCUT2D eigenvalue weighted by Gasteiger charge is 2.37. The van der Waals surface area contributed by atoms with Crippen molar-refractivity contribution in [1.29, 1.82) is 5.26 Å². The summed E-state index contributed by atoms with van der Waals surface area (Å²) in [7, 11) is 0. The monoisotopic (exact) mass is 357 g/mol. The first kappa shape index (κ1) is 16.9. The second-order valence-corrected chi connectivity index (χ2v) is 6.65. The maximum Gasteiger partial charge on any atom is 0.265 e. The van der Waals surface area contributed by atoms with Crippen LogP contribution in [0.25, 0.3) is 0 Å². The zero-order chi connectivity index (χ0) is 17.8. The van der Waals surface area contributed by atoms with Gasteiger partial charge in [-0.15, -0.1) is 0 Å². The Hall–Kier alpha value is -2.92. The quantitative estimate of drug-likeness (QED) is 0.651. The topological polar surface area (TPSA) is 99.5 Å². The Morgan fingerprint density at radius 1 is 1.32 bits per heavy atom. The molecule has 1 unspecified atom stereocenters. The number of hydrogen-bond acceptors (Lipinski definition) is 6. The van der Waals surface area contributed by atoms with Crippen LogP contribution in [0, 0.1) is 11.3 Å². The molecule has 1 aliphatic rings. The predicted molar refractivity (Wildman–Crippen MR) is 89.5 cm³/mol. The van der Waals surface area contributed by atoms with Crippen molar-refractivity contribution in [3.8, 4) is 6.07 Å². The number of rotatable bonds is 5. The Morgan fingerprint density at radius 2 is 2.00 bits per heavy atom. The van der Waals surface area contributed by atoms with Crippen LogP contribution < -0.4 is 5.32 Å². The van der Waals surface area contributed by atoms with E-state index in [1.54, 1.807) is 31.2 Å². The highest BCUT2D eigenvalue weighted by atomic mass is 32.2. The highest BCUT2D eigenvalue weighted by molar-refractivity contribution is 8.04. The lowest BCUT2D eigenvalue weighted by molar-refractivity contribution is -0.127. The first-order valence-electron chi connectivity index (χ1n) is 7.55. The third kappa shape index (κ3) is 3.61. The van der Waals surface area contributed by atoms with Gasteiger partial charge >= 0.3 is 0 Å². The maximum atomic E-state index is 12.4. The molecule has 0 saturated carbocycles. The Morgan fingerprint density at radius 3 is 2.60 bits per heavy atom. The van der Waals surface area contributed by atoms with E-state index in [4.69, 9.17) is 8.83 Å². The lowest BCUT2D eigenvalue weighted by Crippen LogP contribution is -2.30. The van der Waals surface area contributed by atoms with E-state index in [0.29, 0.717) is 16.5 Å². The smallest absolute Gasteiger partial charge is 0.265 e. The molecular formula is C17H15N3O4S. The molecule has 2 aromatic heterocycles. The zero-order valence-electron chi connectivity index (χ0n) is 13.4. The van der Waals surface area contributed by atoms with Crippen LogP contribution in [0.2, 0.25) is 0 Å². The number of nitriles is 1. The SMILES string of the molecule is CC1S/C(=C(/C#N)C(=O)NCc2ccco2)N(Cc2ccco2)C1=O. The third-order valence-electron chi connectivity index (χ3n) is 3.60. The molecule has 25 heavy (non-hydrogen) atoms. The van der Waals surface area contributed by atoms with Crippen LogP contribution in [0.15, 0.2) is 56.2 Å². The second-order valence-electron chi connectivity index (χ2n) is 5.32. The van der Waals surface area contributed by atoms with E-state index >= 15 is 0 Å². The first-order valence-corrected chi connectivity index (χ1v) is 8.43. The minimum Gasteiger partial charge on any atom is -0.467 e. The molecule has 0 spiro atoms. The summed E-state index contributed by atoms with van der Waals surface area (Å²) in [5.41, 5.74) is -0.0965. The molecule has 0 aromatic carbocycles. The van der Waals surface area contributed by atoms with Gasteiger partial charge < -0.3 is 14.2 Å². The van der Waals surface area contributed by atoms with Gasteiger partial charge in [0.15, 0.2) is 0 Å². The molecular weight excluding hydrogens is 342 g/mol. The largest absolute Gasteiger partial charge is 0.467 e. The molecule has 0 aliphatic carbocycles. The molecule has 0 bridgehead atoms. The molecule has 2 amide bonds. The number of furan rings is 2. The van der Waals surface area contributed by atoms with Crippen LogP contribution in [-0.4, -0.2) is 22.0 Å². The van der Waals surface area contributed by atoms with Crippen molar-refractivity contribution >= 4 is 23.6 Å². The number of thioether (sulfide) groups is 1. The zero-order valence-corrected chi connectivity index (χ0v) is 14.2. The van der Waals surface area contributed by atoms with Gasteiger partial charge in [-0.2, -0.15) is 5.26 Å². The minimum absolute atomic E-state index is 0.0965. The number of amides is 2. The van der Waals surface area contributed by atoms with Crippen LogP contribution in [0.4, 0.5) is 0 Å². The summed E-state index contributed by atoms with van der Waals surface area (Å²) in [6.07, 6.45) is 3.01. The molecule has 3 rings (SSSR count). The van der Waals surface area contributed by atoms with Gasteiger partial charge in [-0.3, -0.25) is 14.5 Å². The molecule has 0 radical (unpaired) electrons. The molecule has 1 N–H and O–H groups in total. The number of hydrogen-bond donors (Lipinski definition) is 1. The summed E-state index contributed by atoms with van der Waals surface area (Å²) in [6.45, 7) is 2.08. The van der Waals surface area contributed by atoms with E-state index in [9.17, 15) is 14.9 Å². The van der Waals surface area contributed by atoms with Crippen LogP contribution in [0.5, 0.6) is 0 Å².